The van der Waals surface area contributed by atoms with Crippen LogP contribution >= 0.6 is 23.5 Å². The summed E-state index contributed by atoms with van der Waals surface area (Å²) in [6.45, 7) is 2.10. The molecule has 0 heterocycles. The monoisotopic (exact) mass is 242 g/mol. The predicted molar refractivity (Wildman–Crippen MR) is 71.7 cm³/mol. The molecule has 0 aliphatic heterocycles. The van der Waals surface area contributed by atoms with Gasteiger partial charge < -0.3 is 0 Å². The number of carbonyl (C=O) groups excluding carboxylic acids is 1. The lowest BCUT2D eigenvalue weighted by Gasteiger charge is -2.30. The SMILES string of the molecule is CCC1(CSC)C=CC=C(CSC)C1=O. The minimum Gasteiger partial charge on any atom is -0.293 e. The fourth-order valence-electron chi connectivity index (χ4n) is 1.84. The summed E-state index contributed by atoms with van der Waals surface area (Å²) < 4.78 is 0. The quantitative estimate of drug-likeness (QED) is 0.737. The van der Waals surface area contributed by atoms with E-state index in [-0.39, 0.29) is 5.41 Å². The van der Waals surface area contributed by atoms with Gasteiger partial charge in [0, 0.05) is 17.1 Å². The maximum Gasteiger partial charge on any atom is 0.170 e. The van der Waals surface area contributed by atoms with Gasteiger partial charge in [-0.3, -0.25) is 4.79 Å². The first-order valence-electron chi connectivity index (χ1n) is 5.11. The molecule has 0 spiro atoms. The second-order valence-corrected chi connectivity index (χ2v) is 5.49. The van der Waals surface area contributed by atoms with Crippen molar-refractivity contribution in [2.24, 2.45) is 5.41 Å². The van der Waals surface area contributed by atoms with Crippen molar-refractivity contribution in [2.75, 3.05) is 24.0 Å². The molecular formula is C12H18OS2. The van der Waals surface area contributed by atoms with Gasteiger partial charge in [0.05, 0.1) is 5.41 Å². The standard InChI is InChI=1S/C12H18OS2/c1-4-12(9-15-3)7-5-6-10(8-14-2)11(12)13/h5-7H,4,8-9H2,1-3H3. The van der Waals surface area contributed by atoms with E-state index in [0.29, 0.717) is 5.78 Å². The molecule has 0 fully saturated rings. The Morgan fingerprint density at radius 3 is 2.60 bits per heavy atom. The van der Waals surface area contributed by atoms with E-state index in [9.17, 15) is 4.79 Å². The molecule has 1 unspecified atom stereocenters. The molecule has 0 N–H and O–H groups in total. The van der Waals surface area contributed by atoms with Gasteiger partial charge in [0.1, 0.15) is 0 Å². The van der Waals surface area contributed by atoms with Gasteiger partial charge in [-0.05, 0) is 18.9 Å². The Kier molecular flexibility index (Phi) is 5.00. The van der Waals surface area contributed by atoms with Gasteiger partial charge in [-0.25, -0.2) is 0 Å². The summed E-state index contributed by atoms with van der Waals surface area (Å²) in [6.07, 6.45) is 11.1. The van der Waals surface area contributed by atoms with Gasteiger partial charge in [-0.2, -0.15) is 23.5 Å². The minimum absolute atomic E-state index is 0.237. The van der Waals surface area contributed by atoms with E-state index in [1.54, 1.807) is 23.5 Å². The van der Waals surface area contributed by atoms with Crippen LogP contribution in [0.25, 0.3) is 0 Å². The molecule has 0 saturated heterocycles. The summed E-state index contributed by atoms with van der Waals surface area (Å²) >= 11 is 3.46. The molecule has 1 rings (SSSR count). The second-order valence-electron chi connectivity index (χ2n) is 3.76. The largest absolute Gasteiger partial charge is 0.293 e. The summed E-state index contributed by atoms with van der Waals surface area (Å²) in [5, 5.41) is 0. The normalized spacial score (nSPS) is 25.5. The van der Waals surface area contributed by atoms with Crippen LogP contribution in [-0.2, 0) is 4.79 Å². The smallest absolute Gasteiger partial charge is 0.170 e. The molecule has 15 heavy (non-hydrogen) atoms. The highest BCUT2D eigenvalue weighted by molar-refractivity contribution is 7.99. The number of ketones is 1. The van der Waals surface area contributed by atoms with Crippen molar-refractivity contribution in [1.29, 1.82) is 0 Å². The molecule has 0 aromatic rings. The number of allylic oxidation sites excluding steroid dienone is 3. The third-order valence-electron chi connectivity index (χ3n) is 2.79. The van der Waals surface area contributed by atoms with E-state index in [1.807, 2.05) is 18.4 Å². The summed E-state index contributed by atoms with van der Waals surface area (Å²) in [4.78, 5) is 12.3. The van der Waals surface area contributed by atoms with Crippen LogP contribution in [0.1, 0.15) is 13.3 Å². The molecule has 1 aliphatic carbocycles. The Balaban J connectivity index is 2.90. The first-order chi connectivity index (χ1) is 7.20. The number of hydrogen-bond acceptors (Lipinski definition) is 3. The zero-order chi connectivity index (χ0) is 11.3. The van der Waals surface area contributed by atoms with Crippen molar-refractivity contribution in [2.45, 2.75) is 13.3 Å². The van der Waals surface area contributed by atoms with Crippen molar-refractivity contribution < 1.29 is 4.79 Å². The highest BCUT2D eigenvalue weighted by Crippen LogP contribution is 2.35. The highest BCUT2D eigenvalue weighted by Gasteiger charge is 2.36. The van der Waals surface area contributed by atoms with Crippen LogP contribution in [0.2, 0.25) is 0 Å². The van der Waals surface area contributed by atoms with E-state index >= 15 is 0 Å². The second kappa shape index (κ2) is 5.80. The summed E-state index contributed by atoms with van der Waals surface area (Å²) in [5.74, 6) is 2.06. The fraction of sp³-hybridized carbons (Fsp3) is 0.583. The number of thioether (sulfide) groups is 2. The maximum absolute atomic E-state index is 12.3. The van der Waals surface area contributed by atoms with E-state index < -0.39 is 0 Å². The lowest BCUT2D eigenvalue weighted by molar-refractivity contribution is -0.121. The number of hydrogen-bond donors (Lipinski definition) is 0. The van der Waals surface area contributed by atoms with Gasteiger partial charge in [0.15, 0.2) is 5.78 Å². The zero-order valence-corrected chi connectivity index (χ0v) is 11.2. The van der Waals surface area contributed by atoms with Crippen LogP contribution in [0.5, 0.6) is 0 Å². The molecule has 1 nitrogen and oxygen atoms in total. The highest BCUT2D eigenvalue weighted by atomic mass is 32.2. The third kappa shape index (κ3) is 2.70. The van der Waals surface area contributed by atoms with E-state index in [0.717, 1.165) is 23.5 Å². The van der Waals surface area contributed by atoms with E-state index in [4.69, 9.17) is 0 Å². The molecule has 0 aromatic heterocycles. The topological polar surface area (TPSA) is 17.1 Å². The fourth-order valence-corrected chi connectivity index (χ4v) is 3.33. The third-order valence-corrected chi connectivity index (χ3v) is 4.19. The van der Waals surface area contributed by atoms with E-state index in [1.165, 1.54) is 0 Å². The average Bonchev–Trinajstić information content (AvgIpc) is 2.25. The van der Waals surface area contributed by atoms with Crippen LogP contribution < -0.4 is 0 Å². The summed E-state index contributed by atoms with van der Waals surface area (Å²) in [7, 11) is 0. The first-order valence-corrected chi connectivity index (χ1v) is 7.90. The van der Waals surface area contributed by atoms with Crippen LogP contribution in [0.15, 0.2) is 23.8 Å². The lowest BCUT2D eigenvalue weighted by Crippen LogP contribution is -2.34. The lowest BCUT2D eigenvalue weighted by atomic mass is 9.77. The average molecular weight is 242 g/mol. The predicted octanol–water partition coefficient (Wildman–Crippen LogP) is 3.17. The van der Waals surface area contributed by atoms with E-state index in [2.05, 4.69) is 19.3 Å². The molecule has 0 radical (unpaired) electrons. The van der Waals surface area contributed by atoms with Gasteiger partial charge in [0.25, 0.3) is 0 Å². The molecule has 0 aromatic carbocycles. The van der Waals surface area contributed by atoms with Crippen molar-refractivity contribution in [3.8, 4) is 0 Å². The first kappa shape index (κ1) is 12.9. The zero-order valence-electron chi connectivity index (χ0n) is 9.58. The Hall–Kier alpha value is -0.150. The maximum atomic E-state index is 12.3. The van der Waals surface area contributed by atoms with Gasteiger partial charge in [0.2, 0.25) is 0 Å². The van der Waals surface area contributed by atoms with Gasteiger partial charge in [-0.15, -0.1) is 0 Å². The minimum atomic E-state index is -0.237. The van der Waals surface area contributed by atoms with Crippen molar-refractivity contribution in [1.82, 2.24) is 0 Å². The molecule has 1 atom stereocenters. The Morgan fingerprint density at radius 1 is 1.33 bits per heavy atom. The van der Waals surface area contributed by atoms with Gasteiger partial charge >= 0.3 is 0 Å². The van der Waals surface area contributed by atoms with Crippen LogP contribution in [0, 0.1) is 5.41 Å². The molecular weight excluding hydrogens is 224 g/mol. The van der Waals surface area contributed by atoms with Crippen molar-refractivity contribution >= 4 is 29.3 Å². The van der Waals surface area contributed by atoms with Crippen molar-refractivity contribution in [3.63, 3.8) is 0 Å². The van der Waals surface area contributed by atoms with Gasteiger partial charge in [-0.1, -0.05) is 25.2 Å². The summed E-state index contributed by atoms with van der Waals surface area (Å²) in [6, 6.07) is 0. The van der Waals surface area contributed by atoms with Crippen molar-refractivity contribution in [3.05, 3.63) is 23.8 Å². The van der Waals surface area contributed by atoms with Crippen LogP contribution in [0.3, 0.4) is 0 Å². The molecule has 0 amide bonds. The Bertz CT molecular complexity index is 294. The Morgan fingerprint density at radius 2 is 2.07 bits per heavy atom. The summed E-state index contributed by atoms with van der Waals surface area (Å²) in [5.41, 5.74) is 0.736. The Labute approximate surface area is 101 Å². The molecule has 0 saturated carbocycles. The molecule has 0 bridgehead atoms. The number of carbonyl (C=O) groups is 1. The number of Topliss-reactive ketones (excluding diaryl/α,β-unsaturated/α-hetero) is 1. The van der Waals surface area contributed by atoms with Crippen LogP contribution in [-0.4, -0.2) is 29.8 Å². The van der Waals surface area contributed by atoms with Crippen LogP contribution in [0.4, 0.5) is 0 Å². The molecule has 84 valence electrons. The molecule has 1 aliphatic rings. The molecule has 3 heteroatoms. The number of rotatable bonds is 5.